The average Bonchev–Trinajstić information content (AvgIpc) is 3.10. The quantitative estimate of drug-likeness (QED) is 0.757. The minimum absolute atomic E-state index is 0.0175. The standard InChI is InChI=1S/C16H16ClN3O/c17-14-3-4-19-15(14)9-1-2-11-12(5-9)16(21)20-7-10-6-18-8-13(10)11/h1-5,10,13,18-19H,6-8H2,(H,20,21). The topological polar surface area (TPSA) is 56.9 Å². The summed E-state index contributed by atoms with van der Waals surface area (Å²) < 4.78 is 0. The summed E-state index contributed by atoms with van der Waals surface area (Å²) in [5.41, 5.74) is 3.72. The molecule has 3 N–H and O–H groups in total. The Morgan fingerprint density at radius 2 is 2.05 bits per heavy atom. The summed E-state index contributed by atoms with van der Waals surface area (Å²) in [6, 6.07) is 7.89. The first-order chi connectivity index (χ1) is 10.2. The van der Waals surface area contributed by atoms with Gasteiger partial charge in [0.05, 0.1) is 10.7 Å². The second-order valence-electron chi connectivity index (χ2n) is 5.74. The fraction of sp³-hybridized carbons (Fsp3) is 0.312. The number of aromatic nitrogens is 1. The highest BCUT2D eigenvalue weighted by molar-refractivity contribution is 6.33. The van der Waals surface area contributed by atoms with Crippen molar-refractivity contribution in [2.45, 2.75) is 5.92 Å². The molecule has 0 saturated carbocycles. The Morgan fingerprint density at radius 1 is 1.14 bits per heavy atom. The van der Waals surface area contributed by atoms with Gasteiger partial charge in [0.25, 0.3) is 5.91 Å². The second-order valence-corrected chi connectivity index (χ2v) is 6.14. The summed E-state index contributed by atoms with van der Waals surface area (Å²) >= 11 is 6.17. The van der Waals surface area contributed by atoms with Crippen LogP contribution in [0.4, 0.5) is 0 Å². The van der Waals surface area contributed by atoms with Gasteiger partial charge in [-0.2, -0.15) is 0 Å². The lowest BCUT2D eigenvalue weighted by atomic mass is 9.86. The molecule has 2 atom stereocenters. The molecule has 3 heterocycles. The fourth-order valence-electron chi connectivity index (χ4n) is 3.43. The van der Waals surface area contributed by atoms with E-state index < -0.39 is 0 Å². The van der Waals surface area contributed by atoms with Gasteiger partial charge in [-0.1, -0.05) is 23.7 Å². The lowest BCUT2D eigenvalue weighted by Crippen LogP contribution is -2.28. The summed E-state index contributed by atoms with van der Waals surface area (Å²) in [5.74, 6) is 0.908. The molecule has 108 valence electrons. The van der Waals surface area contributed by atoms with Crippen LogP contribution < -0.4 is 10.6 Å². The minimum Gasteiger partial charge on any atom is -0.360 e. The van der Waals surface area contributed by atoms with Crippen molar-refractivity contribution in [3.8, 4) is 11.3 Å². The van der Waals surface area contributed by atoms with Crippen LogP contribution in [-0.4, -0.2) is 30.5 Å². The van der Waals surface area contributed by atoms with Gasteiger partial charge in [0.1, 0.15) is 0 Å². The molecule has 1 aromatic heterocycles. The summed E-state index contributed by atoms with van der Waals surface area (Å²) in [6.07, 6.45) is 1.81. The van der Waals surface area contributed by atoms with Gasteiger partial charge < -0.3 is 15.6 Å². The Labute approximate surface area is 127 Å². The number of amides is 1. The summed E-state index contributed by atoms with van der Waals surface area (Å²) in [5, 5.41) is 7.13. The maximum Gasteiger partial charge on any atom is 0.251 e. The van der Waals surface area contributed by atoms with Crippen molar-refractivity contribution >= 4 is 17.5 Å². The van der Waals surface area contributed by atoms with Crippen LogP contribution in [0.2, 0.25) is 5.02 Å². The third-order valence-corrected chi connectivity index (χ3v) is 4.86. The molecule has 2 aliphatic heterocycles. The van der Waals surface area contributed by atoms with Crippen LogP contribution in [0.25, 0.3) is 11.3 Å². The molecule has 0 radical (unpaired) electrons. The van der Waals surface area contributed by atoms with E-state index in [1.807, 2.05) is 18.2 Å². The van der Waals surface area contributed by atoms with Crippen molar-refractivity contribution < 1.29 is 4.79 Å². The van der Waals surface area contributed by atoms with Crippen molar-refractivity contribution in [3.63, 3.8) is 0 Å². The van der Waals surface area contributed by atoms with Gasteiger partial charge in [0.15, 0.2) is 0 Å². The van der Waals surface area contributed by atoms with Crippen LogP contribution in [0.1, 0.15) is 21.8 Å². The lowest BCUT2D eigenvalue weighted by molar-refractivity contribution is 0.0952. The number of halogens is 1. The van der Waals surface area contributed by atoms with Crippen LogP contribution in [-0.2, 0) is 0 Å². The van der Waals surface area contributed by atoms with Crippen LogP contribution in [0, 0.1) is 5.92 Å². The van der Waals surface area contributed by atoms with Gasteiger partial charge in [0.2, 0.25) is 0 Å². The molecule has 4 rings (SSSR count). The van der Waals surface area contributed by atoms with Crippen molar-refractivity contribution in [1.29, 1.82) is 0 Å². The predicted molar refractivity (Wildman–Crippen MR) is 82.7 cm³/mol. The summed E-state index contributed by atoms with van der Waals surface area (Å²) in [7, 11) is 0. The molecule has 1 saturated heterocycles. The number of carbonyl (C=O) groups is 1. The molecular formula is C16H16ClN3O. The third-order valence-electron chi connectivity index (χ3n) is 4.55. The van der Waals surface area contributed by atoms with Gasteiger partial charge in [-0.25, -0.2) is 0 Å². The molecule has 1 aromatic carbocycles. The van der Waals surface area contributed by atoms with Gasteiger partial charge >= 0.3 is 0 Å². The van der Waals surface area contributed by atoms with Crippen LogP contribution in [0.3, 0.4) is 0 Å². The Morgan fingerprint density at radius 3 is 2.86 bits per heavy atom. The zero-order valence-corrected chi connectivity index (χ0v) is 12.2. The smallest absolute Gasteiger partial charge is 0.251 e. The zero-order chi connectivity index (χ0) is 14.4. The van der Waals surface area contributed by atoms with Gasteiger partial charge in [-0.3, -0.25) is 4.79 Å². The molecule has 2 aromatic rings. The highest BCUT2D eigenvalue weighted by Crippen LogP contribution is 2.35. The number of hydrogen-bond acceptors (Lipinski definition) is 2. The second kappa shape index (κ2) is 4.90. The molecule has 0 bridgehead atoms. The van der Waals surface area contributed by atoms with Gasteiger partial charge in [0, 0.05) is 42.9 Å². The molecule has 1 amide bonds. The molecular weight excluding hydrogens is 286 g/mol. The number of aromatic amines is 1. The molecule has 2 unspecified atom stereocenters. The summed E-state index contributed by atoms with van der Waals surface area (Å²) in [4.78, 5) is 15.5. The SMILES string of the molecule is O=C1NCC2CNCC2c2ccc(-c3[nH]ccc3Cl)cc21. The number of rotatable bonds is 1. The first-order valence-electron chi connectivity index (χ1n) is 7.20. The predicted octanol–water partition coefficient (Wildman–Crippen LogP) is 2.38. The Bertz CT molecular complexity index is 709. The van der Waals surface area contributed by atoms with E-state index in [4.69, 9.17) is 11.6 Å². The van der Waals surface area contributed by atoms with Crippen molar-refractivity contribution in [2.75, 3.05) is 19.6 Å². The Balaban J connectivity index is 1.83. The van der Waals surface area contributed by atoms with E-state index in [1.165, 1.54) is 0 Å². The van der Waals surface area contributed by atoms with Gasteiger partial charge in [-0.15, -0.1) is 0 Å². The summed E-state index contributed by atoms with van der Waals surface area (Å²) in [6.45, 7) is 2.65. The van der Waals surface area contributed by atoms with E-state index in [9.17, 15) is 4.79 Å². The molecule has 0 spiro atoms. The number of hydrogen-bond donors (Lipinski definition) is 3. The molecule has 5 heteroatoms. The van der Waals surface area contributed by atoms with Crippen molar-refractivity contribution in [3.05, 3.63) is 46.6 Å². The minimum atomic E-state index is 0.0175. The number of carbonyl (C=O) groups excluding carboxylic acids is 1. The average molecular weight is 302 g/mol. The maximum absolute atomic E-state index is 12.4. The van der Waals surface area contributed by atoms with E-state index in [-0.39, 0.29) is 5.91 Å². The highest BCUT2D eigenvalue weighted by atomic mass is 35.5. The van der Waals surface area contributed by atoms with E-state index in [0.29, 0.717) is 16.9 Å². The van der Waals surface area contributed by atoms with Crippen molar-refractivity contribution in [1.82, 2.24) is 15.6 Å². The first-order valence-corrected chi connectivity index (χ1v) is 7.58. The largest absolute Gasteiger partial charge is 0.360 e. The van der Waals surface area contributed by atoms with Crippen LogP contribution in [0.5, 0.6) is 0 Å². The molecule has 4 nitrogen and oxygen atoms in total. The Kier molecular flexibility index (Phi) is 3.01. The highest BCUT2D eigenvalue weighted by Gasteiger charge is 2.34. The molecule has 21 heavy (non-hydrogen) atoms. The third kappa shape index (κ3) is 2.06. The number of fused-ring (bicyclic) bond motifs is 3. The molecule has 1 fully saturated rings. The number of benzene rings is 1. The number of nitrogens with one attached hydrogen (secondary N) is 3. The monoisotopic (exact) mass is 301 g/mol. The van der Waals surface area contributed by atoms with Crippen molar-refractivity contribution in [2.24, 2.45) is 5.92 Å². The molecule has 0 aliphatic carbocycles. The van der Waals surface area contributed by atoms with E-state index in [1.54, 1.807) is 6.20 Å². The zero-order valence-electron chi connectivity index (χ0n) is 11.4. The van der Waals surface area contributed by atoms with Gasteiger partial charge in [-0.05, 0) is 23.6 Å². The van der Waals surface area contributed by atoms with E-state index in [2.05, 4.69) is 21.7 Å². The maximum atomic E-state index is 12.4. The normalized spacial score (nSPS) is 24.1. The van der Waals surface area contributed by atoms with Crippen LogP contribution in [0.15, 0.2) is 30.5 Å². The first kappa shape index (κ1) is 12.9. The van der Waals surface area contributed by atoms with E-state index >= 15 is 0 Å². The lowest BCUT2D eigenvalue weighted by Gasteiger charge is -2.16. The van der Waals surface area contributed by atoms with Crippen LogP contribution >= 0.6 is 11.6 Å². The fourth-order valence-corrected chi connectivity index (χ4v) is 3.66. The molecule has 2 aliphatic rings. The van der Waals surface area contributed by atoms with E-state index in [0.717, 1.165) is 42.0 Å². The Hall–Kier alpha value is -1.78. The number of H-pyrrole nitrogens is 1.